The molecule has 3 N–H and O–H groups in total. The first-order valence-electron chi connectivity index (χ1n) is 13.2. The second-order valence-electron chi connectivity index (χ2n) is 9.45. The van der Waals surface area contributed by atoms with Gasteiger partial charge in [-0.2, -0.15) is 0 Å². The molecule has 0 aliphatic heterocycles. The highest BCUT2D eigenvalue weighted by Crippen LogP contribution is 2.32. The summed E-state index contributed by atoms with van der Waals surface area (Å²) in [4.78, 5) is 0. The Morgan fingerprint density at radius 1 is 0.439 bits per heavy atom. The molecule has 8 rings (SSSR count). The lowest BCUT2D eigenvalue weighted by Gasteiger charge is -2.05. The molecule has 5 heteroatoms. The quantitative estimate of drug-likeness (QED) is 0.194. The zero-order chi connectivity index (χ0) is 28.0. The van der Waals surface area contributed by atoms with Crippen molar-refractivity contribution in [1.29, 1.82) is 0 Å². The summed E-state index contributed by atoms with van der Waals surface area (Å²) in [5.74, 6) is 0. The van der Waals surface area contributed by atoms with Gasteiger partial charge in [0.05, 0.1) is 0 Å². The van der Waals surface area contributed by atoms with Crippen LogP contribution in [0.25, 0.3) is 43.9 Å². The summed E-state index contributed by atoms with van der Waals surface area (Å²) >= 11 is 3.46. The second kappa shape index (κ2) is 12.0. The average molecular weight is 600 g/mol. The molecule has 4 nitrogen and oxygen atoms in total. The molecule has 2 heterocycles. The lowest BCUT2D eigenvalue weighted by molar-refractivity contribution is 0.668. The minimum Gasteiger partial charge on any atom is -0.456 e. The molecule has 0 bridgehead atoms. The van der Waals surface area contributed by atoms with E-state index in [0.717, 1.165) is 60.0 Å². The first-order chi connectivity index (χ1) is 20.1. The normalized spacial score (nSPS) is 10.7. The maximum absolute atomic E-state index is 5.83. The van der Waals surface area contributed by atoms with Crippen molar-refractivity contribution < 1.29 is 8.83 Å². The first-order valence-corrected chi connectivity index (χ1v) is 14.0. The van der Waals surface area contributed by atoms with E-state index in [0.29, 0.717) is 0 Å². The summed E-state index contributed by atoms with van der Waals surface area (Å²) in [6.45, 7) is 0. The van der Waals surface area contributed by atoms with Crippen LogP contribution in [0, 0.1) is 0 Å². The van der Waals surface area contributed by atoms with E-state index in [2.05, 4.69) is 57.6 Å². The summed E-state index contributed by atoms with van der Waals surface area (Å²) in [7, 11) is 0. The highest BCUT2D eigenvalue weighted by Gasteiger charge is 2.07. The smallest absolute Gasteiger partial charge is 0.135 e. The Balaban J connectivity index is 0.000000124. The van der Waals surface area contributed by atoms with Gasteiger partial charge in [0, 0.05) is 43.1 Å². The van der Waals surface area contributed by atoms with Gasteiger partial charge in [-0.1, -0.05) is 88.7 Å². The molecule has 200 valence electrons. The average Bonchev–Trinajstić information content (AvgIpc) is 3.57. The number of benzene rings is 6. The zero-order valence-corrected chi connectivity index (χ0v) is 23.7. The van der Waals surface area contributed by atoms with E-state index in [1.165, 1.54) is 5.39 Å². The van der Waals surface area contributed by atoms with E-state index in [4.69, 9.17) is 14.6 Å². The maximum atomic E-state index is 5.83. The molecule has 0 saturated heterocycles. The van der Waals surface area contributed by atoms with Crippen LogP contribution >= 0.6 is 15.9 Å². The van der Waals surface area contributed by atoms with Crippen LogP contribution in [0.1, 0.15) is 0 Å². The second-order valence-corrected chi connectivity index (χ2v) is 10.4. The number of anilines is 3. The van der Waals surface area contributed by atoms with Gasteiger partial charge in [0.15, 0.2) is 0 Å². The van der Waals surface area contributed by atoms with Crippen LogP contribution in [0.4, 0.5) is 17.1 Å². The Morgan fingerprint density at radius 2 is 0.927 bits per heavy atom. The minimum absolute atomic E-state index is 0.822. The number of nitrogen functional groups attached to an aromatic ring is 1. The summed E-state index contributed by atoms with van der Waals surface area (Å²) < 4.78 is 12.6. The monoisotopic (exact) mass is 598 g/mol. The van der Waals surface area contributed by atoms with Crippen molar-refractivity contribution in [2.24, 2.45) is 0 Å². The van der Waals surface area contributed by atoms with Crippen molar-refractivity contribution in [3.63, 3.8) is 0 Å². The molecule has 41 heavy (non-hydrogen) atoms. The van der Waals surface area contributed by atoms with Crippen LogP contribution in [-0.2, 0) is 0 Å². The summed E-state index contributed by atoms with van der Waals surface area (Å²) in [6.07, 6.45) is 0. The minimum atomic E-state index is 0.822. The topological polar surface area (TPSA) is 64.3 Å². The molecule has 0 spiro atoms. The number of rotatable bonds is 2. The van der Waals surface area contributed by atoms with E-state index < -0.39 is 0 Å². The third kappa shape index (κ3) is 6.11. The molecule has 0 amide bonds. The standard InChI is InChI=1S/C18H13NO.C12H7BrO.C6H7N/c1-2-6-13(7-3-1)19-14-10-11-18-16(12-14)15-8-4-5-9-17(15)20-18;13-8-5-6-12-10(7-8)9-3-1-2-4-11(9)14-12;7-6-4-2-1-3-5-6/h1-12,19H;1-7H;1-5H,7H2. The zero-order valence-electron chi connectivity index (χ0n) is 22.1. The van der Waals surface area contributed by atoms with E-state index in [1.807, 2.05) is 109 Å². The number of hydrogen-bond donors (Lipinski definition) is 2. The van der Waals surface area contributed by atoms with Crippen LogP contribution in [-0.4, -0.2) is 0 Å². The van der Waals surface area contributed by atoms with Gasteiger partial charge in [-0.3, -0.25) is 0 Å². The van der Waals surface area contributed by atoms with Crippen LogP contribution < -0.4 is 11.1 Å². The lowest BCUT2D eigenvalue weighted by Crippen LogP contribution is -1.88. The van der Waals surface area contributed by atoms with Gasteiger partial charge in [0.25, 0.3) is 0 Å². The third-order valence-corrected chi connectivity index (χ3v) is 7.07. The molecule has 0 saturated carbocycles. The Labute approximate surface area is 246 Å². The molecule has 0 fully saturated rings. The number of hydrogen-bond acceptors (Lipinski definition) is 4. The largest absolute Gasteiger partial charge is 0.456 e. The number of para-hydroxylation sites is 4. The molecule has 2 aromatic heterocycles. The highest BCUT2D eigenvalue weighted by atomic mass is 79.9. The van der Waals surface area contributed by atoms with Crippen molar-refractivity contribution in [3.05, 3.63) is 150 Å². The predicted molar refractivity (Wildman–Crippen MR) is 176 cm³/mol. The molecule has 0 atom stereocenters. The molecule has 6 aromatic carbocycles. The van der Waals surface area contributed by atoms with Crippen LogP contribution in [0.15, 0.2) is 159 Å². The van der Waals surface area contributed by atoms with Crippen LogP contribution in [0.5, 0.6) is 0 Å². The number of fused-ring (bicyclic) bond motifs is 6. The summed E-state index contributed by atoms with van der Waals surface area (Å²) in [6, 6.07) is 48.1. The van der Waals surface area contributed by atoms with E-state index in [1.54, 1.807) is 0 Å². The SMILES string of the molecule is Brc1ccc2oc3ccccc3c2c1.Nc1ccccc1.c1ccc(Nc2ccc3oc4ccccc4c3c2)cc1. The fraction of sp³-hybridized carbons (Fsp3) is 0. The van der Waals surface area contributed by atoms with Crippen molar-refractivity contribution in [2.75, 3.05) is 11.1 Å². The number of furan rings is 2. The van der Waals surface area contributed by atoms with Gasteiger partial charge in [0.1, 0.15) is 22.3 Å². The van der Waals surface area contributed by atoms with Gasteiger partial charge in [0.2, 0.25) is 0 Å². The summed E-state index contributed by atoms with van der Waals surface area (Å²) in [5, 5.41) is 8.03. The molecule has 8 aromatic rings. The predicted octanol–water partition coefficient (Wildman–Crippen LogP) is 10.9. The van der Waals surface area contributed by atoms with E-state index in [-0.39, 0.29) is 0 Å². The molecular formula is C36H27BrN2O2. The molecule has 0 unspecified atom stereocenters. The Hall–Kier alpha value is -5.00. The fourth-order valence-corrected chi connectivity index (χ4v) is 5.00. The van der Waals surface area contributed by atoms with Crippen molar-refractivity contribution >= 4 is 76.9 Å². The van der Waals surface area contributed by atoms with Gasteiger partial charge in [-0.05, 0) is 72.8 Å². The van der Waals surface area contributed by atoms with E-state index >= 15 is 0 Å². The molecule has 0 aliphatic rings. The Morgan fingerprint density at radius 3 is 1.51 bits per heavy atom. The van der Waals surface area contributed by atoms with Gasteiger partial charge in [-0.25, -0.2) is 0 Å². The Bertz CT molecular complexity index is 2050. The highest BCUT2D eigenvalue weighted by molar-refractivity contribution is 9.10. The number of nitrogens with one attached hydrogen (secondary N) is 1. The third-order valence-electron chi connectivity index (χ3n) is 6.58. The summed E-state index contributed by atoms with van der Waals surface area (Å²) in [5.41, 5.74) is 12.1. The number of halogens is 1. The number of nitrogens with two attached hydrogens (primary N) is 1. The van der Waals surface area contributed by atoms with Crippen LogP contribution in [0.2, 0.25) is 0 Å². The van der Waals surface area contributed by atoms with Crippen molar-refractivity contribution in [3.8, 4) is 0 Å². The lowest BCUT2D eigenvalue weighted by atomic mass is 10.1. The molecular weight excluding hydrogens is 572 g/mol. The maximum Gasteiger partial charge on any atom is 0.135 e. The first kappa shape index (κ1) is 26.2. The van der Waals surface area contributed by atoms with Crippen molar-refractivity contribution in [1.82, 2.24) is 0 Å². The fourth-order valence-electron chi connectivity index (χ4n) is 4.64. The Kier molecular flexibility index (Phi) is 7.70. The molecule has 0 radical (unpaired) electrons. The van der Waals surface area contributed by atoms with Gasteiger partial charge >= 0.3 is 0 Å². The molecule has 0 aliphatic carbocycles. The van der Waals surface area contributed by atoms with Crippen LogP contribution in [0.3, 0.4) is 0 Å². The van der Waals surface area contributed by atoms with Gasteiger partial charge < -0.3 is 19.9 Å². The van der Waals surface area contributed by atoms with E-state index in [9.17, 15) is 0 Å². The van der Waals surface area contributed by atoms with Crippen molar-refractivity contribution in [2.45, 2.75) is 0 Å². The van der Waals surface area contributed by atoms with Gasteiger partial charge in [-0.15, -0.1) is 0 Å².